The molecule has 4 nitrogen and oxygen atoms in total. The lowest BCUT2D eigenvalue weighted by molar-refractivity contribution is 0.402. The molecular weight excluding hydrogens is 248 g/mol. The van der Waals surface area contributed by atoms with Crippen LogP contribution in [0.5, 0.6) is 0 Å². The summed E-state index contributed by atoms with van der Waals surface area (Å²) in [5, 5.41) is 3.25. The maximum Gasteiger partial charge on any atom is 0.211 e. The molecule has 1 heterocycles. The second kappa shape index (κ2) is 8.12. The quantitative estimate of drug-likeness (QED) is 0.664. The first kappa shape index (κ1) is 15.9. The highest BCUT2D eigenvalue weighted by molar-refractivity contribution is 7.89. The zero-order chi connectivity index (χ0) is 13.4. The Bertz CT molecular complexity index is 309. The molecule has 2 N–H and O–H groups in total. The first-order valence-corrected chi connectivity index (χ1v) is 8.83. The lowest BCUT2D eigenvalue weighted by Crippen LogP contribution is -2.37. The summed E-state index contributed by atoms with van der Waals surface area (Å²) in [4.78, 5) is 0. The third-order valence-corrected chi connectivity index (χ3v) is 4.94. The minimum atomic E-state index is -3.07. The Morgan fingerprint density at radius 3 is 2.72 bits per heavy atom. The Morgan fingerprint density at radius 2 is 2.11 bits per heavy atom. The summed E-state index contributed by atoms with van der Waals surface area (Å²) < 4.78 is 26.4. The summed E-state index contributed by atoms with van der Waals surface area (Å²) in [5.74, 6) is 1.27. The molecule has 5 heteroatoms. The van der Waals surface area contributed by atoms with E-state index in [0.717, 1.165) is 38.8 Å². The van der Waals surface area contributed by atoms with Crippen LogP contribution in [-0.2, 0) is 10.0 Å². The van der Waals surface area contributed by atoms with Crippen molar-refractivity contribution in [3.05, 3.63) is 0 Å². The number of piperidine rings is 1. The van der Waals surface area contributed by atoms with Crippen molar-refractivity contribution in [2.24, 2.45) is 11.8 Å². The Morgan fingerprint density at radius 1 is 1.33 bits per heavy atom. The first-order chi connectivity index (χ1) is 8.49. The second-order valence-electron chi connectivity index (χ2n) is 5.78. The average molecular weight is 276 g/mol. The Kier molecular flexibility index (Phi) is 7.19. The van der Waals surface area contributed by atoms with E-state index in [1.807, 2.05) is 0 Å². The molecule has 0 bridgehead atoms. The fourth-order valence-electron chi connectivity index (χ4n) is 2.34. The van der Waals surface area contributed by atoms with Crippen LogP contribution < -0.4 is 10.0 Å². The lowest BCUT2D eigenvalue weighted by atomic mass is 10.0. The first-order valence-electron chi connectivity index (χ1n) is 7.17. The van der Waals surface area contributed by atoms with Crippen molar-refractivity contribution in [1.29, 1.82) is 0 Å². The predicted octanol–water partition coefficient (Wildman–Crippen LogP) is 1.73. The molecular formula is C13H28N2O2S. The van der Waals surface area contributed by atoms with Gasteiger partial charge in [0.1, 0.15) is 0 Å². The van der Waals surface area contributed by atoms with Gasteiger partial charge in [-0.05, 0) is 44.2 Å². The van der Waals surface area contributed by atoms with Crippen LogP contribution in [0, 0.1) is 11.8 Å². The van der Waals surface area contributed by atoms with Crippen molar-refractivity contribution in [2.75, 3.05) is 25.4 Å². The third kappa shape index (κ3) is 7.34. The van der Waals surface area contributed by atoms with Crippen LogP contribution in [0.1, 0.15) is 46.0 Å². The van der Waals surface area contributed by atoms with Crippen molar-refractivity contribution < 1.29 is 8.42 Å². The molecule has 0 spiro atoms. The lowest BCUT2D eigenvalue weighted by Gasteiger charge is -2.22. The maximum atomic E-state index is 11.9. The van der Waals surface area contributed by atoms with E-state index >= 15 is 0 Å². The fourth-order valence-corrected chi connectivity index (χ4v) is 3.82. The van der Waals surface area contributed by atoms with E-state index in [1.165, 1.54) is 6.42 Å². The van der Waals surface area contributed by atoms with Crippen LogP contribution in [0.2, 0.25) is 0 Å². The van der Waals surface area contributed by atoms with Crippen LogP contribution in [0.3, 0.4) is 0 Å². The van der Waals surface area contributed by atoms with Crippen LogP contribution in [0.15, 0.2) is 0 Å². The zero-order valence-electron chi connectivity index (χ0n) is 11.7. The zero-order valence-corrected chi connectivity index (χ0v) is 12.6. The van der Waals surface area contributed by atoms with Crippen molar-refractivity contribution in [3.63, 3.8) is 0 Å². The molecule has 1 atom stereocenters. The van der Waals surface area contributed by atoms with Gasteiger partial charge >= 0.3 is 0 Å². The number of hydrogen-bond acceptors (Lipinski definition) is 3. The minimum Gasteiger partial charge on any atom is -0.316 e. The molecule has 1 rings (SSSR count). The summed E-state index contributed by atoms with van der Waals surface area (Å²) in [6.07, 6.45) is 5.34. The Labute approximate surface area is 112 Å². The number of hydrogen-bond donors (Lipinski definition) is 2. The van der Waals surface area contributed by atoms with E-state index in [0.29, 0.717) is 12.5 Å². The molecule has 0 aliphatic carbocycles. The number of unbranched alkanes of at least 4 members (excludes halogenated alkanes) is 1. The average Bonchev–Trinajstić information content (AvgIpc) is 2.28. The normalized spacial score (nSPS) is 21.4. The number of sulfonamides is 1. The maximum absolute atomic E-state index is 11.9. The van der Waals surface area contributed by atoms with Gasteiger partial charge in [0.15, 0.2) is 0 Å². The summed E-state index contributed by atoms with van der Waals surface area (Å²) in [5.41, 5.74) is 0. The minimum absolute atomic E-state index is 0.282. The number of nitrogens with one attached hydrogen (secondary N) is 2. The van der Waals surface area contributed by atoms with E-state index in [4.69, 9.17) is 0 Å². The van der Waals surface area contributed by atoms with Gasteiger partial charge in [-0.1, -0.05) is 26.7 Å². The smallest absolute Gasteiger partial charge is 0.211 e. The summed E-state index contributed by atoms with van der Waals surface area (Å²) in [7, 11) is -3.07. The molecule has 0 aromatic carbocycles. The molecule has 0 radical (unpaired) electrons. The highest BCUT2D eigenvalue weighted by Gasteiger charge is 2.20. The molecule has 1 aliphatic rings. The predicted molar refractivity (Wildman–Crippen MR) is 76.1 cm³/mol. The monoisotopic (exact) mass is 276 g/mol. The van der Waals surface area contributed by atoms with Crippen molar-refractivity contribution >= 4 is 10.0 Å². The summed E-state index contributed by atoms with van der Waals surface area (Å²) in [6, 6.07) is 0. The standard InChI is InChI=1S/C13H28N2O2S/c1-12(2)6-3-4-9-15-18(16,17)11-13-7-5-8-14-10-13/h12-15H,3-11H2,1-2H3. The van der Waals surface area contributed by atoms with Gasteiger partial charge in [0, 0.05) is 6.54 Å². The van der Waals surface area contributed by atoms with Gasteiger partial charge in [0.05, 0.1) is 5.75 Å². The van der Waals surface area contributed by atoms with E-state index in [-0.39, 0.29) is 11.7 Å². The van der Waals surface area contributed by atoms with Crippen LogP contribution >= 0.6 is 0 Å². The fraction of sp³-hybridized carbons (Fsp3) is 1.00. The van der Waals surface area contributed by atoms with E-state index < -0.39 is 10.0 Å². The highest BCUT2D eigenvalue weighted by Crippen LogP contribution is 2.12. The van der Waals surface area contributed by atoms with Gasteiger partial charge in [0.2, 0.25) is 10.0 Å². The van der Waals surface area contributed by atoms with Gasteiger partial charge in [-0.15, -0.1) is 0 Å². The molecule has 1 aliphatic heterocycles. The molecule has 0 aromatic rings. The van der Waals surface area contributed by atoms with Crippen LogP contribution in [0.4, 0.5) is 0 Å². The Balaban J connectivity index is 2.14. The van der Waals surface area contributed by atoms with E-state index in [1.54, 1.807) is 0 Å². The molecule has 1 unspecified atom stereocenters. The molecule has 1 fully saturated rings. The number of rotatable bonds is 8. The molecule has 18 heavy (non-hydrogen) atoms. The van der Waals surface area contributed by atoms with Crippen molar-refractivity contribution in [2.45, 2.75) is 46.0 Å². The highest BCUT2D eigenvalue weighted by atomic mass is 32.2. The third-order valence-electron chi connectivity index (χ3n) is 3.38. The van der Waals surface area contributed by atoms with E-state index in [2.05, 4.69) is 23.9 Å². The van der Waals surface area contributed by atoms with Gasteiger partial charge in [0.25, 0.3) is 0 Å². The summed E-state index contributed by atoms with van der Waals surface area (Å²) >= 11 is 0. The van der Waals surface area contributed by atoms with Crippen molar-refractivity contribution in [3.8, 4) is 0 Å². The molecule has 0 saturated carbocycles. The van der Waals surface area contributed by atoms with E-state index in [9.17, 15) is 8.42 Å². The SMILES string of the molecule is CC(C)CCCCNS(=O)(=O)CC1CCCNC1. The second-order valence-corrected chi connectivity index (χ2v) is 7.63. The Hall–Kier alpha value is -0.130. The molecule has 1 saturated heterocycles. The van der Waals surface area contributed by atoms with Gasteiger partial charge in [-0.3, -0.25) is 0 Å². The molecule has 108 valence electrons. The van der Waals surface area contributed by atoms with Crippen LogP contribution in [-0.4, -0.2) is 33.8 Å². The van der Waals surface area contributed by atoms with Crippen molar-refractivity contribution in [1.82, 2.24) is 10.0 Å². The largest absolute Gasteiger partial charge is 0.316 e. The molecule has 0 aromatic heterocycles. The van der Waals surface area contributed by atoms with Crippen LogP contribution in [0.25, 0.3) is 0 Å². The van der Waals surface area contributed by atoms with Gasteiger partial charge < -0.3 is 5.32 Å². The molecule has 0 amide bonds. The van der Waals surface area contributed by atoms with Gasteiger partial charge in [-0.2, -0.15) is 0 Å². The topological polar surface area (TPSA) is 58.2 Å². The van der Waals surface area contributed by atoms with Gasteiger partial charge in [-0.25, -0.2) is 13.1 Å². The summed E-state index contributed by atoms with van der Waals surface area (Å²) in [6.45, 7) is 6.85.